The molecule has 0 amide bonds. The van der Waals surface area contributed by atoms with E-state index in [2.05, 4.69) is 15.1 Å². The Morgan fingerprint density at radius 1 is 1.44 bits per heavy atom. The van der Waals surface area contributed by atoms with Gasteiger partial charge in [0, 0.05) is 11.8 Å². The normalized spacial score (nSPS) is 11.2. The van der Waals surface area contributed by atoms with E-state index in [1.165, 1.54) is 10.6 Å². The molecule has 0 aliphatic carbocycles. The number of aryl methyl sites for hydroxylation is 1. The molecule has 0 aromatic carbocycles. The van der Waals surface area contributed by atoms with Gasteiger partial charge in [0.05, 0.1) is 6.54 Å². The van der Waals surface area contributed by atoms with E-state index in [1.807, 2.05) is 0 Å². The van der Waals surface area contributed by atoms with E-state index >= 15 is 0 Å². The van der Waals surface area contributed by atoms with Crippen molar-refractivity contribution in [1.82, 2.24) is 19.6 Å². The van der Waals surface area contributed by atoms with Gasteiger partial charge in [-0.1, -0.05) is 0 Å². The number of nitrogens with two attached hydrogens (primary N) is 1. The van der Waals surface area contributed by atoms with E-state index in [-0.39, 0.29) is 5.56 Å². The summed E-state index contributed by atoms with van der Waals surface area (Å²) in [6.45, 7) is 2.06. The van der Waals surface area contributed by atoms with Gasteiger partial charge in [0.1, 0.15) is 5.76 Å². The number of rotatable bonds is 2. The maximum absolute atomic E-state index is 11.7. The summed E-state index contributed by atoms with van der Waals surface area (Å²) in [6.07, 6.45) is 0. The summed E-state index contributed by atoms with van der Waals surface area (Å²) in [5.41, 5.74) is 5.89. The molecule has 7 nitrogen and oxygen atoms in total. The van der Waals surface area contributed by atoms with Crippen LogP contribution >= 0.6 is 0 Å². The van der Waals surface area contributed by atoms with Crippen LogP contribution in [0.2, 0.25) is 0 Å². The molecule has 3 aromatic heterocycles. The molecule has 0 aliphatic heterocycles. The Hall–Kier alpha value is -2.41. The van der Waals surface area contributed by atoms with E-state index in [0.29, 0.717) is 35.4 Å². The van der Waals surface area contributed by atoms with Gasteiger partial charge in [-0.05, 0) is 19.1 Å². The van der Waals surface area contributed by atoms with Crippen LogP contribution in [0.1, 0.15) is 11.5 Å². The largest absolute Gasteiger partial charge is 0.456 e. The van der Waals surface area contributed by atoms with Crippen molar-refractivity contribution in [3.05, 3.63) is 40.0 Å². The number of fused-ring (bicyclic) bond motifs is 1. The van der Waals surface area contributed by atoms with Crippen molar-refractivity contribution in [2.45, 2.75) is 13.5 Å². The predicted octanol–water partition coefficient (Wildman–Crippen LogP) is 0.445. The third-order valence-electron chi connectivity index (χ3n) is 2.55. The standard InChI is InChI=1S/C11H11N5O2/c1-6-4-9(17)16-11(13-6)14-10(15-16)8-3-2-7(5-12)18-8/h2-4H,5,12H2,1H3,(H,13,14,15). The quantitative estimate of drug-likeness (QED) is 0.682. The minimum Gasteiger partial charge on any atom is -0.456 e. The van der Waals surface area contributed by atoms with Crippen LogP contribution in [0, 0.1) is 6.92 Å². The minimum absolute atomic E-state index is 0.207. The van der Waals surface area contributed by atoms with E-state index in [1.54, 1.807) is 19.1 Å². The monoisotopic (exact) mass is 245 g/mol. The molecule has 3 rings (SSSR count). The van der Waals surface area contributed by atoms with Crippen molar-refractivity contribution >= 4 is 5.78 Å². The summed E-state index contributed by atoms with van der Waals surface area (Å²) in [5, 5.41) is 2.84. The molecule has 0 spiro atoms. The summed E-state index contributed by atoms with van der Waals surface area (Å²) in [5.74, 6) is 1.95. The molecule has 0 unspecified atom stereocenters. The van der Waals surface area contributed by atoms with Gasteiger partial charge in [0.15, 0.2) is 11.6 Å². The first kappa shape index (κ1) is 10.7. The zero-order chi connectivity index (χ0) is 12.7. The predicted molar refractivity (Wildman–Crippen MR) is 63.9 cm³/mol. The lowest BCUT2D eigenvalue weighted by Crippen LogP contribution is -2.14. The van der Waals surface area contributed by atoms with Gasteiger partial charge in [-0.15, -0.1) is 0 Å². The molecular formula is C11H11N5O2. The summed E-state index contributed by atoms with van der Waals surface area (Å²) < 4.78 is 6.73. The summed E-state index contributed by atoms with van der Waals surface area (Å²) >= 11 is 0. The first-order valence-electron chi connectivity index (χ1n) is 5.43. The van der Waals surface area contributed by atoms with E-state index in [9.17, 15) is 4.79 Å². The van der Waals surface area contributed by atoms with E-state index in [4.69, 9.17) is 10.2 Å². The molecule has 0 aliphatic rings. The summed E-state index contributed by atoms with van der Waals surface area (Å²) in [6, 6.07) is 4.95. The Morgan fingerprint density at radius 2 is 2.28 bits per heavy atom. The molecule has 0 radical (unpaired) electrons. The lowest BCUT2D eigenvalue weighted by atomic mass is 10.4. The zero-order valence-corrected chi connectivity index (χ0v) is 9.67. The van der Waals surface area contributed by atoms with E-state index in [0.717, 1.165) is 0 Å². The number of nitrogens with one attached hydrogen (secondary N) is 1. The molecule has 0 atom stereocenters. The topological polar surface area (TPSA) is 102 Å². The number of aromatic amines is 1. The summed E-state index contributed by atoms with van der Waals surface area (Å²) in [7, 11) is 0. The molecule has 3 heterocycles. The second-order valence-electron chi connectivity index (χ2n) is 3.91. The van der Waals surface area contributed by atoms with Crippen LogP contribution < -0.4 is 11.3 Å². The maximum atomic E-state index is 11.7. The van der Waals surface area contributed by atoms with Crippen LogP contribution in [0.5, 0.6) is 0 Å². The SMILES string of the molecule is Cc1cc(=O)n2[nH]c(-c3ccc(CN)o3)nc2n1. The number of aromatic nitrogens is 4. The number of nitrogens with zero attached hydrogens (tertiary/aromatic N) is 3. The van der Waals surface area contributed by atoms with Crippen LogP contribution in [-0.2, 0) is 6.54 Å². The van der Waals surface area contributed by atoms with Gasteiger partial charge in [-0.3, -0.25) is 9.89 Å². The fraction of sp³-hybridized carbons (Fsp3) is 0.182. The highest BCUT2D eigenvalue weighted by molar-refractivity contribution is 5.50. The van der Waals surface area contributed by atoms with Crippen LogP contribution in [0.15, 0.2) is 27.4 Å². The Balaban J connectivity index is 2.19. The second kappa shape index (κ2) is 3.81. The van der Waals surface area contributed by atoms with Crippen molar-refractivity contribution in [1.29, 1.82) is 0 Å². The van der Waals surface area contributed by atoms with Crippen molar-refractivity contribution in [3.63, 3.8) is 0 Å². The molecule has 7 heteroatoms. The molecule has 0 bridgehead atoms. The highest BCUT2D eigenvalue weighted by Gasteiger charge is 2.11. The van der Waals surface area contributed by atoms with Crippen molar-refractivity contribution in [2.24, 2.45) is 5.73 Å². The lowest BCUT2D eigenvalue weighted by molar-refractivity contribution is 0.521. The van der Waals surface area contributed by atoms with Crippen molar-refractivity contribution < 1.29 is 4.42 Å². The van der Waals surface area contributed by atoms with Crippen LogP contribution in [0.25, 0.3) is 17.4 Å². The average Bonchev–Trinajstić information content (AvgIpc) is 2.93. The van der Waals surface area contributed by atoms with Crippen molar-refractivity contribution in [2.75, 3.05) is 0 Å². The molecule has 0 fully saturated rings. The summed E-state index contributed by atoms with van der Waals surface area (Å²) in [4.78, 5) is 20.1. The van der Waals surface area contributed by atoms with Crippen LogP contribution in [0.3, 0.4) is 0 Å². The van der Waals surface area contributed by atoms with E-state index < -0.39 is 0 Å². The number of hydrogen-bond donors (Lipinski definition) is 2. The smallest absolute Gasteiger partial charge is 0.274 e. The first-order chi connectivity index (χ1) is 8.67. The highest BCUT2D eigenvalue weighted by atomic mass is 16.3. The number of furan rings is 1. The van der Waals surface area contributed by atoms with Crippen molar-refractivity contribution in [3.8, 4) is 11.6 Å². The maximum Gasteiger partial charge on any atom is 0.274 e. The third kappa shape index (κ3) is 1.61. The fourth-order valence-electron chi connectivity index (χ4n) is 1.72. The molecule has 3 N–H and O–H groups in total. The highest BCUT2D eigenvalue weighted by Crippen LogP contribution is 2.18. The molecular weight excluding hydrogens is 234 g/mol. The number of hydrogen-bond acceptors (Lipinski definition) is 5. The third-order valence-corrected chi connectivity index (χ3v) is 2.55. The second-order valence-corrected chi connectivity index (χ2v) is 3.91. The Labute approximate surface area is 101 Å². The molecule has 0 saturated heterocycles. The van der Waals surface area contributed by atoms with Gasteiger partial charge in [-0.25, -0.2) is 4.98 Å². The molecule has 0 saturated carbocycles. The van der Waals surface area contributed by atoms with Gasteiger partial charge in [-0.2, -0.15) is 9.50 Å². The van der Waals surface area contributed by atoms with Gasteiger partial charge >= 0.3 is 0 Å². The minimum atomic E-state index is -0.207. The first-order valence-corrected chi connectivity index (χ1v) is 5.43. The van der Waals surface area contributed by atoms with Gasteiger partial charge in [0.2, 0.25) is 0 Å². The fourth-order valence-corrected chi connectivity index (χ4v) is 1.72. The van der Waals surface area contributed by atoms with Crippen LogP contribution in [0.4, 0.5) is 0 Å². The molecule has 3 aromatic rings. The Bertz CT molecular complexity index is 767. The van der Waals surface area contributed by atoms with Crippen LogP contribution in [-0.4, -0.2) is 19.6 Å². The number of H-pyrrole nitrogens is 1. The molecule has 92 valence electrons. The Morgan fingerprint density at radius 3 is 3.00 bits per heavy atom. The zero-order valence-electron chi connectivity index (χ0n) is 9.67. The van der Waals surface area contributed by atoms with Gasteiger partial charge < -0.3 is 10.2 Å². The lowest BCUT2D eigenvalue weighted by Gasteiger charge is -1.91. The average molecular weight is 245 g/mol. The Kier molecular flexibility index (Phi) is 2.27. The van der Waals surface area contributed by atoms with Gasteiger partial charge in [0.25, 0.3) is 11.3 Å². The molecule has 18 heavy (non-hydrogen) atoms.